The molecule has 0 bridgehead atoms. The lowest BCUT2D eigenvalue weighted by Gasteiger charge is -2.24. The fourth-order valence-electron chi connectivity index (χ4n) is 2.78. The molecule has 0 heterocycles. The summed E-state index contributed by atoms with van der Waals surface area (Å²) in [6.45, 7) is 4.54. The van der Waals surface area contributed by atoms with Crippen molar-refractivity contribution >= 4 is 5.91 Å². The number of amides is 1. The molecule has 25 heavy (non-hydrogen) atoms. The van der Waals surface area contributed by atoms with Gasteiger partial charge in [0.1, 0.15) is 5.75 Å². The lowest BCUT2D eigenvalue weighted by atomic mass is 9.84. The Bertz CT molecular complexity index is 693. The molecule has 0 radical (unpaired) electrons. The third kappa shape index (κ3) is 5.33. The van der Waals surface area contributed by atoms with Crippen LogP contribution in [0.5, 0.6) is 5.75 Å². The monoisotopic (exact) mass is 341 g/mol. The van der Waals surface area contributed by atoms with Gasteiger partial charge in [-0.2, -0.15) is 0 Å². The van der Waals surface area contributed by atoms with Gasteiger partial charge in [-0.05, 0) is 35.6 Å². The second-order valence-corrected chi connectivity index (χ2v) is 6.85. The molecule has 0 saturated heterocycles. The van der Waals surface area contributed by atoms with E-state index in [1.54, 1.807) is 7.11 Å². The maximum Gasteiger partial charge on any atom is 0.226 e. The van der Waals surface area contributed by atoms with Crippen molar-refractivity contribution < 1.29 is 14.6 Å². The summed E-state index contributed by atoms with van der Waals surface area (Å²) in [5, 5.41) is 12.1. The van der Waals surface area contributed by atoms with E-state index < -0.39 is 5.41 Å². The quantitative estimate of drug-likeness (QED) is 0.776. The van der Waals surface area contributed by atoms with Crippen molar-refractivity contribution in [3.05, 3.63) is 65.2 Å². The molecule has 2 aromatic rings. The van der Waals surface area contributed by atoms with Crippen LogP contribution >= 0.6 is 0 Å². The van der Waals surface area contributed by atoms with Gasteiger partial charge in [-0.15, -0.1) is 0 Å². The number of nitrogens with one attached hydrogen (secondary N) is 1. The second-order valence-electron chi connectivity index (χ2n) is 6.85. The molecule has 1 amide bonds. The molecule has 0 spiro atoms. The van der Waals surface area contributed by atoms with Gasteiger partial charge in [0.15, 0.2) is 0 Å². The number of hydrogen-bond donors (Lipinski definition) is 2. The standard InChI is InChI=1S/C21H27NO3/c1-21(2,14-18-6-4-5-7-19(18)25-3)20(24)22-13-12-16-8-10-17(15-23)11-9-16/h4-11,23H,12-15H2,1-3H3,(H,22,24). The summed E-state index contributed by atoms with van der Waals surface area (Å²) in [5.41, 5.74) is 2.55. The van der Waals surface area contributed by atoms with E-state index in [0.717, 1.165) is 28.9 Å². The van der Waals surface area contributed by atoms with Crippen LogP contribution < -0.4 is 10.1 Å². The Morgan fingerprint density at radius 3 is 2.36 bits per heavy atom. The van der Waals surface area contributed by atoms with Gasteiger partial charge in [0.25, 0.3) is 0 Å². The number of ether oxygens (including phenoxy) is 1. The number of carbonyl (C=O) groups is 1. The minimum absolute atomic E-state index is 0.0328. The highest BCUT2D eigenvalue weighted by Crippen LogP contribution is 2.27. The minimum atomic E-state index is -0.518. The highest BCUT2D eigenvalue weighted by molar-refractivity contribution is 5.82. The predicted molar refractivity (Wildman–Crippen MR) is 99.6 cm³/mol. The van der Waals surface area contributed by atoms with Crippen molar-refractivity contribution in [1.29, 1.82) is 0 Å². The van der Waals surface area contributed by atoms with Crippen molar-refractivity contribution in [3.63, 3.8) is 0 Å². The molecule has 0 aliphatic carbocycles. The van der Waals surface area contributed by atoms with Gasteiger partial charge >= 0.3 is 0 Å². The third-order valence-electron chi connectivity index (χ3n) is 4.34. The number of methoxy groups -OCH3 is 1. The van der Waals surface area contributed by atoms with E-state index in [4.69, 9.17) is 9.84 Å². The molecule has 0 atom stereocenters. The van der Waals surface area contributed by atoms with E-state index >= 15 is 0 Å². The summed E-state index contributed by atoms with van der Waals surface area (Å²) in [6.07, 6.45) is 1.39. The Morgan fingerprint density at radius 1 is 1.08 bits per heavy atom. The average molecular weight is 341 g/mol. The first-order chi connectivity index (χ1) is 12.0. The van der Waals surface area contributed by atoms with Crippen LogP contribution in [0.15, 0.2) is 48.5 Å². The van der Waals surface area contributed by atoms with Crippen LogP contribution in [0.1, 0.15) is 30.5 Å². The molecule has 0 fully saturated rings. The van der Waals surface area contributed by atoms with Gasteiger partial charge < -0.3 is 15.2 Å². The smallest absolute Gasteiger partial charge is 0.226 e. The number of para-hydroxylation sites is 1. The fourth-order valence-corrected chi connectivity index (χ4v) is 2.78. The first-order valence-corrected chi connectivity index (χ1v) is 8.55. The zero-order chi connectivity index (χ0) is 18.3. The van der Waals surface area contributed by atoms with Crippen LogP contribution in [-0.4, -0.2) is 24.7 Å². The van der Waals surface area contributed by atoms with Crippen molar-refractivity contribution in [1.82, 2.24) is 5.32 Å². The van der Waals surface area contributed by atoms with Gasteiger partial charge in [-0.25, -0.2) is 0 Å². The van der Waals surface area contributed by atoms with Crippen LogP contribution in [-0.2, 0) is 24.2 Å². The number of aliphatic hydroxyl groups excluding tert-OH is 1. The maximum absolute atomic E-state index is 12.6. The SMILES string of the molecule is COc1ccccc1CC(C)(C)C(=O)NCCc1ccc(CO)cc1. The summed E-state index contributed by atoms with van der Waals surface area (Å²) >= 11 is 0. The molecule has 134 valence electrons. The van der Waals surface area contributed by atoms with E-state index in [9.17, 15) is 4.79 Å². The lowest BCUT2D eigenvalue weighted by Crippen LogP contribution is -2.39. The number of carbonyl (C=O) groups excluding carboxylic acids is 1. The molecular formula is C21H27NO3. The Labute approximate surface area is 149 Å². The van der Waals surface area contributed by atoms with E-state index in [1.807, 2.05) is 62.4 Å². The molecule has 0 saturated carbocycles. The average Bonchev–Trinajstić information content (AvgIpc) is 2.62. The van der Waals surface area contributed by atoms with Gasteiger partial charge in [0.05, 0.1) is 13.7 Å². The van der Waals surface area contributed by atoms with Gasteiger partial charge in [0, 0.05) is 12.0 Å². The minimum Gasteiger partial charge on any atom is -0.496 e. The highest BCUT2D eigenvalue weighted by atomic mass is 16.5. The summed E-state index contributed by atoms with van der Waals surface area (Å²) in [4.78, 5) is 12.6. The molecule has 2 rings (SSSR count). The van der Waals surface area contributed by atoms with Crippen LogP contribution in [0.2, 0.25) is 0 Å². The Kier molecular flexibility index (Phi) is 6.59. The Balaban J connectivity index is 1.89. The topological polar surface area (TPSA) is 58.6 Å². The first-order valence-electron chi connectivity index (χ1n) is 8.55. The van der Waals surface area contributed by atoms with E-state index in [-0.39, 0.29) is 12.5 Å². The molecule has 2 aromatic carbocycles. The Hall–Kier alpha value is -2.33. The fraction of sp³-hybridized carbons (Fsp3) is 0.381. The van der Waals surface area contributed by atoms with Crippen molar-refractivity contribution in [2.75, 3.05) is 13.7 Å². The van der Waals surface area contributed by atoms with Crippen molar-refractivity contribution in [3.8, 4) is 5.75 Å². The van der Waals surface area contributed by atoms with E-state index in [0.29, 0.717) is 13.0 Å². The summed E-state index contributed by atoms with van der Waals surface area (Å²) in [6, 6.07) is 15.6. The summed E-state index contributed by atoms with van der Waals surface area (Å²) in [7, 11) is 1.65. The van der Waals surface area contributed by atoms with E-state index in [2.05, 4.69) is 5.32 Å². The van der Waals surface area contributed by atoms with Gasteiger partial charge in [-0.3, -0.25) is 4.79 Å². The van der Waals surface area contributed by atoms with E-state index in [1.165, 1.54) is 0 Å². The summed E-state index contributed by atoms with van der Waals surface area (Å²) in [5.74, 6) is 0.845. The largest absolute Gasteiger partial charge is 0.496 e. The van der Waals surface area contributed by atoms with Crippen LogP contribution in [0.3, 0.4) is 0 Å². The predicted octanol–water partition coefficient (Wildman–Crippen LogP) is 3.12. The first kappa shape index (κ1) is 19.0. The van der Waals surface area contributed by atoms with Gasteiger partial charge in [-0.1, -0.05) is 56.3 Å². The molecular weight excluding hydrogens is 314 g/mol. The second kappa shape index (κ2) is 8.67. The Morgan fingerprint density at radius 2 is 1.72 bits per heavy atom. The van der Waals surface area contributed by atoms with Gasteiger partial charge in [0.2, 0.25) is 5.91 Å². The summed E-state index contributed by atoms with van der Waals surface area (Å²) < 4.78 is 5.38. The zero-order valence-corrected chi connectivity index (χ0v) is 15.2. The molecule has 4 nitrogen and oxygen atoms in total. The third-order valence-corrected chi connectivity index (χ3v) is 4.34. The number of hydrogen-bond acceptors (Lipinski definition) is 3. The van der Waals surface area contributed by atoms with Crippen LogP contribution in [0.4, 0.5) is 0 Å². The highest BCUT2D eigenvalue weighted by Gasteiger charge is 2.28. The number of aliphatic hydroxyl groups is 1. The number of rotatable bonds is 8. The number of benzene rings is 2. The van der Waals surface area contributed by atoms with Crippen molar-refractivity contribution in [2.45, 2.75) is 33.3 Å². The molecule has 0 aliphatic rings. The van der Waals surface area contributed by atoms with Crippen LogP contribution in [0, 0.1) is 5.41 Å². The van der Waals surface area contributed by atoms with Crippen LogP contribution in [0.25, 0.3) is 0 Å². The molecule has 0 unspecified atom stereocenters. The molecule has 0 aromatic heterocycles. The van der Waals surface area contributed by atoms with Crippen molar-refractivity contribution in [2.24, 2.45) is 5.41 Å². The molecule has 2 N–H and O–H groups in total. The zero-order valence-electron chi connectivity index (χ0n) is 15.2. The molecule has 4 heteroatoms. The lowest BCUT2D eigenvalue weighted by molar-refractivity contribution is -0.129. The maximum atomic E-state index is 12.6. The molecule has 0 aliphatic heterocycles. The normalized spacial score (nSPS) is 11.2.